The first-order valence-electron chi connectivity index (χ1n) is 6.15. The third-order valence-electron chi connectivity index (χ3n) is 5.31. The van der Waals surface area contributed by atoms with Gasteiger partial charge in [0.1, 0.15) is 6.10 Å². The third-order valence-corrected chi connectivity index (χ3v) is 5.31. The Kier molecular flexibility index (Phi) is 2.45. The molecule has 0 saturated heterocycles. The molecule has 0 heterocycles. The van der Waals surface area contributed by atoms with Gasteiger partial charge >= 0.3 is 5.97 Å². The van der Waals surface area contributed by atoms with Crippen LogP contribution in [0.2, 0.25) is 0 Å². The van der Waals surface area contributed by atoms with E-state index in [4.69, 9.17) is 4.74 Å². The molecule has 2 aliphatic carbocycles. The Bertz CT molecular complexity index is 343. The average molecular weight is 222 g/mol. The van der Waals surface area contributed by atoms with Crippen LogP contribution in [0.1, 0.15) is 47.0 Å². The molecule has 0 N–H and O–H groups in total. The summed E-state index contributed by atoms with van der Waals surface area (Å²) in [6.45, 7) is 12.3. The van der Waals surface area contributed by atoms with E-state index in [-0.39, 0.29) is 17.5 Å². The molecule has 0 aromatic rings. The monoisotopic (exact) mass is 222 g/mol. The van der Waals surface area contributed by atoms with Crippen molar-refractivity contribution in [3.63, 3.8) is 0 Å². The minimum Gasteiger partial charge on any atom is -0.458 e. The van der Waals surface area contributed by atoms with Gasteiger partial charge in [0, 0.05) is 11.0 Å². The molecule has 0 aromatic heterocycles. The lowest BCUT2D eigenvalue weighted by molar-refractivity contribution is -0.151. The first-order chi connectivity index (χ1) is 7.29. The summed E-state index contributed by atoms with van der Waals surface area (Å²) in [5.74, 6) is 0.481. The molecule has 0 aromatic carbocycles. The van der Waals surface area contributed by atoms with Gasteiger partial charge in [0.2, 0.25) is 0 Å². The second-order valence-electron chi connectivity index (χ2n) is 6.28. The van der Waals surface area contributed by atoms with Crippen molar-refractivity contribution in [2.75, 3.05) is 0 Å². The molecule has 0 unspecified atom stereocenters. The number of rotatable bonds is 2. The van der Waals surface area contributed by atoms with Gasteiger partial charge in [-0.05, 0) is 37.5 Å². The fourth-order valence-electron chi connectivity index (χ4n) is 3.54. The van der Waals surface area contributed by atoms with Crippen LogP contribution in [0.4, 0.5) is 0 Å². The third kappa shape index (κ3) is 1.35. The van der Waals surface area contributed by atoms with Crippen molar-refractivity contribution in [3.8, 4) is 0 Å². The van der Waals surface area contributed by atoms with Gasteiger partial charge in [-0.3, -0.25) is 0 Å². The molecule has 2 saturated carbocycles. The summed E-state index contributed by atoms with van der Waals surface area (Å²) in [7, 11) is 0. The Morgan fingerprint density at radius 3 is 2.38 bits per heavy atom. The molecule has 2 rings (SSSR count). The summed E-state index contributed by atoms with van der Waals surface area (Å²) in [6.07, 6.45) is 3.58. The minimum absolute atomic E-state index is 0.0884. The normalized spacial score (nSPS) is 39.8. The first kappa shape index (κ1) is 11.7. The van der Waals surface area contributed by atoms with E-state index in [9.17, 15) is 4.79 Å². The van der Waals surface area contributed by atoms with Crippen molar-refractivity contribution in [1.29, 1.82) is 0 Å². The molecule has 0 amide bonds. The number of hydrogen-bond acceptors (Lipinski definition) is 2. The van der Waals surface area contributed by atoms with Crippen LogP contribution in [0.5, 0.6) is 0 Å². The standard InChI is InChI=1S/C14H22O2/c1-9(2)12(15)16-11-8-10-6-7-14(11,5)13(10,3)4/h10-11H,1,6-8H2,2-5H3/t10-,11-,14-/m0/s1. The Balaban J connectivity index is 2.16. The molecule has 2 nitrogen and oxygen atoms in total. The predicted octanol–water partition coefficient (Wildman–Crippen LogP) is 3.32. The quantitative estimate of drug-likeness (QED) is 0.529. The van der Waals surface area contributed by atoms with E-state index in [2.05, 4.69) is 27.4 Å². The van der Waals surface area contributed by atoms with Crippen LogP contribution in [0.3, 0.4) is 0 Å². The highest BCUT2D eigenvalue weighted by Gasteiger charge is 2.62. The molecule has 2 bridgehead atoms. The number of fused-ring (bicyclic) bond motifs is 2. The topological polar surface area (TPSA) is 26.3 Å². The molecule has 2 fully saturated rings. The van der Waals surface area contributed by atoms with Crippen molar-refractivity contribution in [2.24, 2.45) is 16.7 Å². The van der Waals surface area contributed by atoms with Crippen LogP contribution in [0.25, 0.3) is 0 Å². The highest BCUT2D eigenvalue weighted by Crippen LogP contribution is 2.66. The Morgan fingerprint density at radius 1 is 1.38 bits per heavy atom. The summed E-state index contributed by atoms with van der Waals surface area (Å²) in [5.41, 5.74) is 0.958. The Hall–Kier alpha value is -0.790. The summed E-state index contributed by atoms with van der Waals surface area (Å²) in [6, 6.07) is 0. The summed E-state index contributed by atoms with van der Waals surface area (Å²) < 4.78 is 5.61. The molecule has 2 heteroatoms. The zero-order valence-corrected chi connectivity index (χ0v) is 10.8. The lowest BCUT2D eigenvalue weighted by atomic mass is 9.70. The van der Waals surface area contributed by atoms with Crippen molar-refractivity contribution in [2.45, 2.75) is 53.1 Å². The largest absolute Gasteiger partial charge is 0.458 e. The number of hydrogen-bond donors (Lipinski definition) is 0. The van der Waals surface area contributed by atoms with Crippen molar-refractivity contribution < 1.29 is 9.53 Å². The van der Waals surface area contributed by atoms with Gasteiger partial charge in [-0.2, -0.15) is 0 Å². The van der Waals surface area contributed by atoms with Gasteiger partial charge in [0.25, 0.3) is 0 Å². The zero-order valence-electron chi connectivity index (χ0n) is 10.8. The molecule has 90 valence electrons. The fourth-order valence-corrected chi connectivity index (χ4v) is 3.54. The smallest absolute Gasteiger partial charge is 0.333 e. The molecule has 2 aliphatic rings. The van der Waals surface area contributed by atoms with Crippen LogP contribution in [-0.2, 0) is 9.53 Å². The first-order valence-corrected chi connectivity index (χ1v) is 6.15. The van der Waals surface area contributed by atoms with Gasteiger partial charge in [-0.1, -0.05) is 27.4 Å². The molecule has 0 spiro atoms. The van der Waals surface area contributed by atoms with Gasteiger partial charge in [-0.25, -0.2) is 4.79 Å². The molecular formula is C14H22O2. The van der Waals surface area contributed by atoms with Crippen LogP contribution in [0, 0.1) is 16.7 Å². The molecule has 3 atom stereocenters. The highest BCUT2D eigenvalue weighted by molar-refractivity contribution is 5.87. The fraction of sp³-hybridized carbons (Fsp3) is 0.786. The van der Waals surface area contributed by atoms with E-state index >= 15 is 0 Å². The maximum absolute atomic E-state index is 11.6. The lowest BCUT2D eigenvalue weighted by Gasteiger charge is -2.38. The molecule has 0 aliphatic heterocycles. The van der Waals surface area contributed by atoms with Crippen molar-refractivity contribution in [1.82, 2.24) is 0 Å². The van der Waals surface area contributed by atoms with Crippen molar-refractivity contribution in [3.05, 3.63) is 12.2 Å². The van der Waals surface area contributed by atoms with Gasteiger partial charge in [-0.15, -0.1) is 0 Å². The van der Waals surface area contributed by atoms with E-state index < -0.39 is 0 Å². The van der Waals surface area contributed by atoms with Gasteiger partial charge in [0.05, 0.1) is 0 Å². The van der Waals surface area contributed by atoms with Crippen molar-refractivity contribution >= 4 is 5.97 Å². The maximum Gasteiger partial charge on any atom is 0.333 e. The van der Waals surface area contributed by atoms with Gasteiger partial charge < -0.3 is 4.74 Å². The second kappa shape index (κ2) is 3.35. The number of carbonyl (C=O) groups excluding carboxylic acids is 1. The number of ether oxygens (including phenoxy) is 1. The second-order valence-corrected chi connectivity index (χ2v) is 6.28. The predicted molar refractivity (Wildman–Crippen MR) is 63.9 cm³/mol. The molecular weight excluding hydrogens is 200 g/mol. The zero-order chi connectivity index (χ0) is 12.1. The molecule has 16 heavy (non-hydrogen) atoms. The Morgan fingerprint density at radius 2 is 2.00 bits per heavy atom. The van der Waals surface area contributed by atoms with E-state index in [0.29, 0.717) is 16.9 Å². The highest BCUT2D eigenvalue weighted by atomic mass is 16.5. The summed E-state index contributed by atoms with van der Waals surface area (Å²) in [4.78, 5) is 11.6. The average Bonchev–Trinajstić information content (AvgIpc) is 2.50. The summed E-state index contributed by atoms with van der Waals surface area (Å²) >= 11 is 0. The maximum atomic E-state index is 11.6. The van der Waals surface area contributed by atoms with Gasteiger partial charge in [0.15, 0.2) is 0 Å². The lowest BCUT2D eigenvalue weighted by Crippen LogP contribution is -2.38. The summed E-state index contributed by atoms with van der Waals surface area (Å²) in [5, 5.41) is 0. The van der Waals surface area contributed by atoms with Crippen LogP contribution >= 0.6 is 0 Å². The van der Waals surface area contributed by atoms with E-state index in [0.717, 1.165) is 6.42 Å². The SMILES string of the molecule is C=C(C)C(=O)O[C@H]1C[C@@H]2CC[C@]1(C)C2(C)C. The van der Waals surface area contributed by atoms with Crippen LogP contribution in [0.15, 0.2) is 12.2 Å². The van der Waals surface area contributed by atoms with Crippen LogP contribution < -0.4 is 0 Å². The number of carbonyl (C=O) groups is 1. The molecule has 0 radical (unpaired) electrons. The van der Waals surface area contributed by atoms with E-state index in [1.165, 1.54) is 12.8 Å². The van der Waals surface area contributed by atoms with Crippen LogP contribution in [-0.4, -0.2) is 12.1 Å². The Labute approximate surface area is 98.1 Å². The minimum atomic E-state index is -0.227. The van der Waals surface area contributed by atoms with E-state index in [1.807, 2.05) is 0 Å². The number of esters is 1. The van der Waals surface area contributed by atoms with E-state index in [1.54, 1.807) is 6.92 Å².